The van der Waals surface area contributed by atoms with Gasteiger partial charge in [-0.1, -0.05) is 30.3 Å². The fraction of sp³-hybridized carbons (Fsp3) is 0.417. The number of rotatable bonds is 7. The first-order chi connectivity index (χ1) is 9.90. The molecule has 1 aromatic carbocycles. The molecule has 0 bridgehead atoms. The first-order valence-electron chi connectivity index (χ1n) is 5.89. The molecule has 5 atom stereocenters. The van der Waals surface area contributed by atoms with Crippen molar-refractivity contribution < 1.29 is 38.7 Å². The summed E-state index contributed by atoms with van der Waals surface area (Å²) in [6.07, 6.45) is -9.80. The molecular weight excluding hydrogens is 327 g/mol. The molecular formula is C12H17NaO8S. The van der Waals surface area contributed by atoms with E-state index in [9.17, 15) is 34.5 Å². The molecule has 0 saturated heterocycles. The van der Waals surface area contributed by atoms with Crippen LogP contribution in [0.2, 0.25) is 0 Å². The number of benzene rings is 1. The Balaban J connectivity index is 0.00000441. The van der Waals surface area contributed by atoms with Crippen LogP contribution < -0.4 is 0 Å². The van der Waals surface area contributed by atoms with Crippen molar-refractivity contribution in [3.8, 4) is 0 Å². The third kappa shape index (κ3) is 5.69. The summed E-state index contributed by atoms with van der Waals surface area (Å²) in [6, 6.07) is 7.82. The summed E-state index contributed by atoms with van der Waals surface area (Å²) in [6.45, 7) is 0. The molecule has 5 N–H and O–H groups in total. The van der Waals surface area contributed by atoms with Crippen LogP contribution in [0.3, 0.4) is 0 Å². The topological polar surface area (TPSA) is 145 Å². The summed E-state index contributed by atoms with van der Waals surface area (Å²) in [5, 5.41) is 48.3. The van der Waals surface area contributed by atoms with Crippen LogP contribution in [0, 0.1) is 0 Å². The van der Waals surface area contributed by atoms with E-state index < -0.39 is 48.4 Å². The van der Waals surface area contributed by atoms with Crippen LogP contribution in [-0.4, -0.2) is 89.7 Å². The van der Waals surface area contributed by atoms with Crippen molar-refractivity contribution in [1.82, 2.24) is 0 Å². The van der Waals surface area contributed by atoms with Gasteiger partial charge in [-0.25, -0.2) is 9.00 Å². The van der Waals surface area contributed by atoms with Gasteiger partial charge in [-0.15, -0.1) is 0 Å². The zero-order chi connectivity index (χ0) is 16.0. The van der Waals surface area contributed by atoms with Gasteiger partial charge in [0.15, 0.2) is 18.1 Å². The summed E-state index contributed by atoms with van der Waals surface area (Å²) in [7, 11) is 0. The Morgan fingerprint density at radius 2 is 1.50 bits per heavy atom. The molecule has 0 fully saturated rings. The summed E-state index contributed by atoms with van der Waals surface area (Å²) < 4.78 is 14.0. The molecule has 0 aliphatic carbocycles. The zero-order valence-electron chi connectivity index (χ0n) is 10.7. The molecule has 0 aliphatic heterocycles. The molecule has 0 heterocycles. The van der Waals surface area contributed by atoms with E-state index in [0.717, 1.165) is 0 Å². The third-order valence-electron chi connectivity index (χ3n) is 2.86. The van der Waals surface area contributed by atoms with E-state index in [1.165, 1.54) is 12.1 Å². The summed E-state index contributed by atoms with van der Waals surface area (Å²) in [5.74, 6) is -1.44. The fourth-order valence-corrected chi connectivity index (χ4v) is 1.83. The van der Waals surface area contributed by atoms with Crippen molar-refractivity contribution in [3.05, 3.63) is 35.9 Å². The van der Waals surface area contributed by atoms with Crippen molar-refractivity contribution in [1.29, 1.82) is 0 Å². The van der Waals surface area contributed by atoms with Gasteiger partial charge < -0.3 is 29.7 Å². The molecule has 0 amide bonds. The van der Waals surface area contributed by atoms with Crippen LogP contribution in [0.4, 0.5) is 0 Å². The van der Waals surface area contributed by atoms with Gasteiger partial charge in [0.2, 0.25) is 0 Å². The molecule has 0 saturated carbocycles. The minimum atomic E-state index is -2.22. The second-order valence-corrected chi connectivity index (χ2v) is 4.59. The molecule has 0 radical (unpaired) electrons. The van der Waals surface area contributed by atoms with Gasteiger partial charge in [0, 0.05) is 0 Å². The average Bonchev–Trinajstić information content (AvgIpc) is 2.52. The minimum absolute atomic E-state index is 0. The number of hydrogen-bond acceptors (Lipinski definition) is 8. The van der Waals surface area contributed by atoms with Gasteiger partial charge in [-0.3, -0.25) is 0 Å². The predicted molar refractivity (Wildman–Crippen MR) is 78.2 cm³/mol. The number of carbonyl (C=O) groups is 1. The standard InChI is InChI=1S/C12H16O8S.Na.H/c13-7(6-4-2-1-3-5-6)8(14)9(15)10(16)11(17)12(18)20-21-19;;/h1-5,7-11,13-17,21H;;/t7?,8-,9-,10+,11-;;/m1../s1. The number of hydrogen-bond donors (Lipinski definition) is 6. The SMILES string of the molecule is O=[SH]OC(=O)[C@H](O)[C@@H](O)[C@H](O)[C@H](O)C(O)c1ccccc1.[NaH]. The number of thiol groups is 1. The van der Waals surface area contributed by atoms with Crippen LogP contribution in [0.25, 0.3) is 0 Å². The molecule has 120 valence electrons. The second kappa shape index (κ2) is 10.4. The van der Waals surface area contributed by atoms with E-state index in [-0.39, 0.29) is 35.1 Å². The van der Waals surface area contributed by atoms with Crippen molar-refractivity contribution >= 4 is 47.5 Å². The van der Waals surface area contributed by atoms with Gasteiger partial charge in [0.1, 0.15) is 24.4 Å². The molecule has 10 heteroatoms. The van der Waals surface area contributed by atoms with Crippen molar-refractivity contribution in [2.75, 3.05) is 0 Å². The molecule has 0 aliphatic rings. The van der Waals surface area contributed by atoms with E-state index in [1.807, 2.05) is 0 Å². The molecule has 1 rings (SSSR count). The van der Waals surface area contributed by atoms with Crippen molar-refractivity contribution in [3.63, 3.8) is 0 Å². The van der Waals surface area contributed by atoms with Gasteiger partial charge in [0.05, 0.1) is 0 Å². The first-order valence-corrected chi connectivity index (χ1v) is 6.62. The maximum atomic E-state index is 11.1. The van der Waals surface area contributed by atoms with E-state index in [0.29, 0.717) is 0 Å². The maximum absolute atomic E-state index is 11.1. The normalized spacial score (nSPS) is 17.5. The van der Waals surface area contributed by atoms with Gasteiger partial charge in [0.25, 0.3) is 0 Å². The average molecular weight is 344 g/mol. The van der Waals surface area contributed by atoms with Gasteiger partial charge in [-0.2, -0.15) is 0 Å². The Morgan fingerprint density at radius 3 is 2.00 bits per heavy atom. The Bertz CT molecular complexity index is 473. The summed E-state index contributed by atoms with van der Waals surface area (Å²) in [5.41, 5.74) is 0.270. The van der Waals surface area contributed by atoms with E-state index in [4.69, 9.17) is 0 Å². The van der Waals surface area contributed by atoms with Gasteiger partial charge in [-0.05, 0) is 5.56 Å². The quantitative estimate of drug-likeness (QED) is 0.226. The molecule has 8 nitrogen and oxygen atoms in total. The number of aliphatic hydroxyl groups is 5. The van der Waals surface area contributed by atoms with Crippen molar-refractivity contribution in [2.24, 2.45) is 0 Å². The number of aliphatic hydroxyl groups excluding tert-OH is 5. The molecule has 1 unspecified atom stereocenters. The summed E-state index contributed by atoms with van der Waals surface area (Å²) in [4.78, 5) is 11.1. The van der Waals surface area contributed by atoms with Crippen LogP contribution in [0.15, 0.2) is 30.3 Å². The third-order valence-corrected chi connectivity index (χ3v) is 3.11. The monoisotopic (exact) mass is 344 g/mol. The first kappa shape index (κ1) is 21.6. The Hall–Kier alpha value is -0.360. The number of carbonyl (C=O) groups excluding carboxylic acids is 1. The fourth-order valence-electron chi connectivity index (χ4n) is 1.65. The summed E-state index contributed by atoms with van der Waals surface area (Å²) >= 11 is -1.03. The molecule has 0 aromatic heterocycles. The van der Waals surface area contributed by atoms with Crippen LogP contribution in [0.1, 0.15) is 11.7 Å². The molecule has 22 heavy (non-hydrogen) atoms. The van der Waals surface area contributed by atoms with E-state index in [2.05, 4.69) is 4.18 Å². The van der Waals surface area contributed by atoms with Crippen molar-refractivity contribution in [2.45, 2.75) is 30.5 Å². The molecule has 1 aromatic rings. The van der Waals surface area contributed by atoms with E-state index >= 15 is 0 Å². The molecule has 0 spiro atoms. The Morgan fingerprint density at radius 1 is 0.955 bits per heavy atom. The Kier molecular flexibility index (Phi) is 10.3. The Labute approximate surface area is 152 Å². The second-order valence-electron chi connectivity index (χ2n) is 4.26. The van der Waals surface area contributed by atoms with E-state index in [1.54, 1.807) is 18.2 Å². The predicted octanol–water partition coefficient (Wildman–Crippen LogP) is -3.08. The van der Waals surface area contributed by atoms with Gasteiger partial charge >= 0.3 is 35.5 Å². The van der Waals surface area contributed by atoms with Crippen LogP contribution in [0.5, 0.6) is 0 Å². The van der Waals surface area contributed by atoms with Crippen LogP contribution in [-0.2, 0) is 20.9 Å². The van der Waals surface area contributed by atoms with Crippen LogP contribution >= 0.6 is 0 Å². The zero-order valence-corrected chi connectivity index (χ0v) is 11.6.